The number of aryl methyl sites for hydroxylation is 2. The summed E-state index contributed by atoms with van der Waals surface area (Å²) in [6.07, 6.45) is 3.62. The predicted molar refractivity (Wildman–Crippen MR) is 74.4 cm³/mol. The second-order valence-corrected chi connectivity index (χ2v) is 4.58. The number of hydrogen-bond acceptors (Lipinski definition) is 5. The molecule has 0 atom stereocenters. The van der Waals surface area contributed by atoms with E-state index in [2.05, 4.69) is 15.4 Å². The highest BCUT2D eigenvalue weighted by molar-refractivity contribution is 5.71. The van der Waals surface area contributed by atoms with Crippen LogP contribution in [0.3, 0.4) is 0 Å². The minimum absolute atomic E-state index is 0.496. The summed E-state index contributed by atoms with van der Waals surface area (Å²) in [5, 5.41) is 7.97. The molecule has 0 aliphatic heterocycles. The molecule has 0 saturated heterocycles. The van der Waals surface area contributed by atoms with E-state index in [1.54, 1.807) is 13.2 Å². The van der Waals surface area contributed by atoms with Crippen LogP contribution in [0.25, 0.3) is 16.8 Å². The van der Waals surface area contributed by atoms with Crippen molar-refractivity contribution in [2.45, 2.75) is 13.8 Å². The topological polar surface area (TPSA) is 76.0 Å². The van der Waals surface area contributed by atoms with Gasteiger partial charge in [0.05, 0.1) is 17.2 Å². The largest absolute Gasteiger partial charge is 0.361 e. The van der Waals surface area contributed by atoms with Crippen LogP contribution in [-0.4, -0.2) is 21.6 Å². The molecule has 3 rings (SSSR count). The molecule has 3 aromatic rings. The number of pyridine rings is 1. The van der Waals surface area contributed by atoms with Gasteiger partial charge in [-0.05, 0) is 31.5 Å². The van der Waals surface area contributed by atoms with Gasteiger partial charge in [-0.15, -0.1) is 4.91 Å². The first-order valence-electron chi connectivity index (χ1n) is 6.09. The number of nitroso groups, excluding NO2 is 1. The van der Waals surface area contributed by atoms with Crippen molar-refractivity contribution in [3.8, 4) is 11.1 Å². The summed E-state index contributed by atoms with van der Waals surface area (Å²) in [5.74, 6) is 1.27. The second kappa shape index (κ2) is 4.44. The molecule has 0 fully saturated rings. The zero-order valence-corrected chi connectivity index (χ0v) is 11.4. The van der Waals surface area contributed by atoms with E-state index in [1.807, 2.05) is 36.6 Å². The number of imidazole rings is 1. The number of nitrogens with zero attached hydrogens (tertiary/aromatic N) is 5. The average Bonchev–Trinajstić information content (AvgIpc) is 3.00. The maximum absolute atomic E-state index is 10.5. The van der Waals surface area contributed by atoms with Gasteiger partial charge in [-0.25, -0.2) is 9.99 Å². The monoisotopic (exact) mass is 271 g/mol. The van der Waals surface area contributed by atoms with Crippen molar-refractivity contribution in [1.29, 1.82) is 0 Å². The van der Waals surface area contributed by atoms with E-state index in [0.29, 0.717) is 5.82 Å². The van der Waals surface area contributed by atoms with Crippen LogP contribution < -0.4 is 5.01 Å². The highest BCUT2D eigenvalue weighted by Crippen LogP contribution is 2.28. The Bertz CT molecular complexity index is 770. The highest BCUT2D eigenvalue weighted by Gasteiger charge is 2.13. The summed E-state index contributed by atoms with van der Waals surface area (Å²) >= 11 is 0. The fourth-order valence-corrected chi connectivity index (χ4v) is 2.22. The lowest BCUT2D eigenvalue weighted by Gasteiger charge is -2.00. The van der Waals surface area contributed by atoms with Crippen LogP contribution in [0.5, 0.6) is 0 Å². The number of fused-ring (bicyclic) bond motifs is 1. The zero-order valence-electron chi connectivity index (χ0n) is 11.4. The molecule has 0 N–H and O–H groups in total. The first-order chi connectivity index (χ1) is 9.60. The molecule has 3 aromatic heterocycles. The smallest absolute Gasteiger partial charge is 0.170 e. The Morgan fingerprint density at radius 2 is 2.20 bits per heavy atom. The number of anilines is 1. The van der Waals surface area contributed by atoms with Crippen molar-refractivity contribution < 1.29 is 4.52 Å². The van der Waals surface area contributed by atoms with E-state index < -0.39 is 0 Å². The standard InChI is InChI=1S/C13H13N5O2/c1-8-13(9(2)20-15-8)10-4-5-18-7-12(17(3)16-19)14-11(18)6-10/h4-7H,1-3H3. The molecule has 0 radical (unpaired) electrons. The van der Waals surface area contributed by atoms with Crippen LogP contribution in [0.15, 0.2) is 34.3 Å². The fourth-order valence-electron chi connectivity index (χ4n) is 2.22. The van der Waals surface area contributed by atoms with Crippen molar-refractivity contribution in [1.82, 2.24) is 14.5 Å². The molecule has 0 aromatic carbocycles. The number of hydrogen-bond donors (Lipinski definition) is 0. The number of rotatable bonds is 3. The first-order valence-corrected chi connectivity index (χ1v) is 6.09. The van der Waals surface area contributed by atoms with Crippen molar-refractivity contribution in [2.24, 2.45) is 5.29 Å². The molecule has 0 bridgehead atoms. The van der Waals surface area contributed by atoms with Gasteiger partial charge in [0, 0.05) is 18.8 Å². The highest BCUT2D eigenvalue weighted by atomic mass is 16.5. The second-order valence-electron chi connectivity index (χ2n) is 4.58. The van der Waals surface area contributed by atoms with E-state index in [-0.39, 0.29) is 0 Å². The van der Waals surface area contributed by atoms with Gasteiger partial charge in [0.15, 0.2) is 5.82 Å². The van der Waals surface area contributed by atoms with Gasteiger partial charge < -0.3 is 8.92 Å². The molecule has 0 amide bonds. The molecule has 102 valence electrons. The van der Waals surface area contributed by atoms with Crippen LogP contribution in [0.1, 0.15) is 11.5 Å². The molecule has 20 heavy (non-hydrogen) atoms. The normalized spacial score (nSPS) is 10.9. The SMILES string of the molecule is Cc1noc(C)c1-c1ccn2cc(N(C)N=O)nc2c1. The molecular weight excluding hydrogens is 258 g/mol. The predicted octanol–water partition coefficient (Wildman–Crippen LogP) is 2.72. The van der Waals surface area contributed by atoms with Crippen molar-refractivity contribution in [3.05, 3.63) is 40.9 Å². The van der Waals surface area contributed by atoms with Crippen molar-refractivity contribution in [2.75, 3.05) is 12.1 Å². The van der Waals surface area contributed by atoms with Gasteiger partial charge >= 0.3 is 0 Å². The lowest BCUT2D eigenvalue weighted by molar-refractivity contribution is 0.393. The summed E-state index contributed by atoms with van der Waals surface area (Å²) in [5.41, 5.74) is 3.52. The Labute approximate surface area is 114 Å². The van der Waals surface area contributed by atoms with Gasteiger partial charge in [-0.2, -0.15) is 0 Å². The fraction of sp³-hybridized carbons (Fsp3) is 0.231. The lowest BCUT2D eigenvalue weighted by atomic mass is 10.1. The summed E-state index contributed by atoms with van der Waals surface area (Å²) < 4.78 is 7.01. The van der Waals surface area contributed by atoms with Gasteiger partial charge in [0.25, 0.3) is 0 Å². The Balaban J connectivity index is 2.13. The molecule has 7 nitrogen and oxygen atoms in total. The molecule has 7 heteroatoms. The zero-order chi connectivity index (χ0) is 14.3. The van der Waals surface area contributed by atoms with E-state index in [0.717, 1.165) is 28.2 Å². The van der Waals surface area contributed by atoms with Crippen LogP contribution >= 0.6 is 0 Å². The van der Waals surface area contributed by atoms with Crippen molar-refractivity contribution >= 4 is 11.5 Å². The van der Waals surface area contributed by atoms with Gasteiger partial charge in [-0.1, -0.05) is 5.16 Å². The third-order valence-electron chi connectivity index (χ3n) is 3.22. The molecule has 0 aliphatic carbocycles. The molecule has 3 heterocycles. The van der Waals surface area contributed by atoms with Gasteiger partial charge in [0.2, 0.25) is 0 Å². The van der Waals surface area contributed by atoms with Crippen LogP contribution in [0.2, 0.25) is 0 Å². The summed E-state index contributed by atoms with van der Waals surface area (Å²) in [6, 6.07) is 3.88. The minimum atomic E-state index is 0.496. The van der Waals surface area contributed by atoms with Crippen LogP contribution in [0.4, 0.5) is 5.82 Å². The Kier molecular flexibility index (Phi) is 2.74. The van der Waals surface area contributed by atoms with Crippen LogP contribution in [0, 0.1) is 18.8 Å². The maximum atomic E-state index is 10.5. The quantitative estimate of drug-likeness (QED) is 0.540. The van der Waals surface area contributed by atoms with E-state index in [1.165, 1.54) is 5.01 Å². The molecular formula is C13H13N5O2. The van der Waals surface area contributed by atoms with Gasteiger partial charge in [-0.3, -0.25) is 0 Å². The summed E-state index contributed by atoms with van der Waals surface area (Å²) in [7, 11) is 1.56. The van der Waals surface area contributed by atoms with Gasteiger partial charge in [0.1, 0.15) is 11.4 Å². The summed E-state index contributed by atoms with van der Waals surface area (Å²) in [6.45, 7) is 3.78. The summed E-state index contributed by atoms with van der Waals surface area (Å²) in [4.78, 5) is 14.9. The van der Waals surface area contributed by atoms with Crippen LogP contribution in [-0.2, 0) is 0 Å². The molecule has 0 saturated carbocycles. The Morgan fingerprint density at radius 3 is 2.85 bits per heavy atom. The van der Waals surface area contributed by atoms with Crippen molar-refractivity contribution in [3.63, 3.8) is 0 Å². The molecule has 0 spiro atoms. The third-order valence-corrected chi connectivity index (χ3v) is 3.22. The first kappa shape index (κ1) is 12.3. The number of aromatic nitrogens is 3. The van der Waals surface area contributed by atoms with E-state index in [9.17, 15) is 4.91 Å². The average molecular weight is 271 g/mol. The third kappa shape index (κ3) is 1.83. The maximum Gasteiger partial charge on any atom is 0.170 e. The molecule has 0 unspecified atom stereocenters. The Morgan fingerprint density at radius 1 is 1.40 bits per heavy atom. The minimum Gasteiger partial charge on any atom is -0.361 e. The van der Waals surface area contributed by atoms with E-state index in [4.69, 9.17) is 4.52 Å². The van der Waals surface area contributed by atoms with E-state index >= 15 is 0 Å². The lowest BCUT2D eigenvalue weighted by Crippen LogP contribution is -2.06. The Hall–Kier alpha value is -2.70. The molecule has 0 aliphatic rings.